The largest absolute Gasteiger partial charge is 0.486 e. The van der Waals surface area contributed by atoms with Gasteiger partial charge < -0.3 is 18.6 Å². The van der Waals surface area contributed by atoms with Crippen LogP contribution >= 0.6 is 0 Å². The van der Waals surface area contributed by atoms with Crippen molar-refractivity contribution in [3.63, 3.8) is 0 Å². The second-order valence-corrected chi connectivity index (χ2v) is 6.36. The van der Waals surface area contributed by atoms with E-state index in [1.165, 1.54) is 11.6 Å². The molecule has 1 aromatic heterocycles. The van der Waals surface area contributed by atoms with Gasteiger partial charge in [-0.2, -0.15) is 0 Å². The highest BCUT2D eigenvalue weighted by Crippen LogP contribution is 2.32. The van der Waals surface area contributed by atoms with Gasteiger partial charge in [0.2, 0.25) is 6.79 Å². The van der Waals surface area contributed by atoms with E-state index in [1.807, 2.05) is 36.4 Å². The first-order valence-electron chi connectivity index (χ1n) is 9.14. The Morgan fingerprint density at radius 2 is 1.86 bits per heavy atom. The molecule has 2 aromatic carbocycles. The number of benzene rings is 2. The maximum Gasteiger partial charge on any atom is 0.231 e. The number of carbonyl (C=O) groups is 1. The molecule has 1 aliphatic rings. The standard InChI is InChI=1S/C23H20O5/c1-2-16-3-6-18(7-4-16)25-14-20-9-8-19(28-20)10-11-21(24)17-5-12-22-23(13-17)27-15-26-22/h3-13H,2,14-15H2,1H3/b11-10+. The third-order valence-electron chi connectivity index (χ3n) is 4.45. The monoisotopic (exact) mass is 376 g/mol. The average Bonchev–Trinajstić information content (AvgIpc) is 3.39. The Balaban J connectivity index is 1.35. The van der Waals surface area contributed by atoms with Crippen LogP contribution in [0, 0.1) is 0 Å². The summed E-state index contributed by atoms with van der Waals surface area (Å²) in [5.41, 5.74) is 1.80. The van der Waals surface area contributed by atoms with Gasteiger partial charge >= 0.3 is 0 Å². The molecule has 0 saturated carbocycles. The maximum atomic E-state index is 12.3. The number of hydrogen-bond acceptors (Lipinski definition) is 5. The van der Waals surface area contributed by atoms with E-state index in [9.17, 15) is 4.79 Å². The predicted octanol–water partition coefficient (Wildman–Crippen LogP) is 5.05. The Labute approximate surface area is 163 Å². The number of rotatable bonds is 7. The number of fused-ring (bicyclic) bond motifs is 1. The average molecular weight is 376 g/mol. The van der Waals surface area contributed by atoms with Gasteiger partial charge in [-0.15, -0.1) is 0 Å². The van der Waals surface area contributed by atoms with Crippen molar-refractivity contribution in [2.75, 3.05) is 6.79 Å². The number of ether oxygens (including phenoxy) is 3. The Hall–Kier alpha value is -3.47. The van der Waals surface area contributed by atoms with Crippen molar-refractivity contribution in [3.05, 3.63) is 83.3 Å². The molecule has 0 unspecified atom stereocenters. The van der Waals surface area contributed by atoms with Crippen LogP contribution in [0.3, 0.4) is 0 Å². The van der Waals surface area contributed by atoms with Crippen LogP contribution in [0.15, 0.2) is 65.1 Å². The minimum absolute atomic E-state index is 0.136. The lowest BCUT2D eigenvalue weighted by atomic mass is 10.1. The zero-order valence-corrected chi connectivity index (χ0v) is 15.5. The van der Waals surface area contributed by atoms with Crippen LogP contribution < -0.4 is 14.2 Å². The molecule has 0 spiro atoms. The molecular formula is C23H20O5. The molecule has 1 aliphatic heterocycles. The van der Waals surface area contributed by atoms with Crippen LogP contribution in [-0.4, -0.2) is 12.6 Å². The van der Waals surface area contributed by atoms with Crippen LogP contribution in [0.25, 0.3) is 6.08 Å². The van der Waals surface area contributed by atoms with Crippen molar-refractivity contribution >= 4 is 11.9 Å². The van der Waals surface area contributed by atoms with Gasteiger partial charge in [0.1, 0.15) is 23.9 Å². The van der Waals surface area contributed by atoms with Gasteiger partial charge in [-0.05, 0) is 66.6 Å². The molecule has 0 N–H and O–H groups in total. The first-order valence-corrected chi connectivity index (χ1v) is 9.14. The first-order chi connectivity index (χ1) is 13.7. The minimum atomic E-state index is -0.136. The quantitative estimate of drug-likeness (QED) is 0.427. The van der Waals surface area contributed by atoms with Crippen LogP contribution in [0.1, 0.15) is 34.4 Å². The van der Waals surface area contributed by atoms with E-state index >= 15 is 0 Å². The topological polar surface area (TPSA) is 57.9 Å². The summed E-state index contributed by atoms with van der Waals surface area (Å²) in [7, 11) is 0. The molecule has 5 nitrogen and oxygen atoms in total. The van der Waals surface area contributed by atoms with Gasteiger partial charge in [0.15, 0.2) is 17.3 Å². The van der Waals surface area contributed by atoms with E-state index < -0.39 is 0 Å². The van der Waals surface area contributed by atoms with E-state index in [0.29, 0.717) is 35.2 Å². The number of carbonyl (C=O) groups excluding carboxylic acids is 1. The summed E-state index contributed by atoms with van der Waals surface area (Å²) < 4.78 is 22.0. The summed E-state index contributed by atoms with van der Waals surface area (Å²) in [5.74, 6) is 3.18. The highest BCUT2D eigenvalue weighted by atomic mass is 16.7. The van der Waals surface area contributed by atoms with Gasteiger partial charge in [0, 0.05) is 5.56 Å². The molecule has 5 heteroatoms. The van der Waals surface area contributed by atoms with Crippen LogP contribution in [0.2, 0.25) is 0 Å². The number of ketones is 1. The lowest BCUT2D eigenvalue weighted by Gasteiger charge is -2.04. The van der Waals surface area contributed by atoms with E-state index in [0.717, 1.165) is 12.2 Å². The van der Waals surface area contributed by atoms with Gasteiger partial charge in [0.25, 0.3) is 0 Å². The molecule has 0 atom stereocenters. The molecule has 0 radical (unpaired) electrons. The van der Waals surface area contributed by atoms with Crippen molar-refractivity contribution in [1.29, 1.82) is 0 Å². The smallest absolute Gasteiger partial charge is 0.231 e. The molecule has 3 aromatic rings. The summed E-state index contributed by atoms with van der Waals surface area (Å²) in [6.45, 7) is 2.63. The fraction of sp³-hybridized carbons (Fsp3) is 0.174. The van der Waals surface area contributed by atoms with Gasteiger partial charge in [-0.1, -0.05) is 19.1 Å². The van der Waals surface area contributed by atoms with E-state index in [4.69, 9.17) is 18.6 Å². The fourth-order valence-electron chi connectivity index (χ4n) is 2.84. The summed E-state index contributed by atoms with van der Waals surface area (Å²) >= 11 is 0. The molecule has 28 heavy (non-hydrogen) atoms. The van der Waals surface area contributed by atoms with E-state index in [1.54, 1.807) is 24.3 Å². The Morgan fingerprint density at radius 1 is 1.04 bits per heavy atom. The molecular weight excluding hydrogens is 356 g/mol. The van der Waals surface area contributed by atoms with Crippen molar-refractivity contribution in [2.45, 2.75) is 20.0 Å². The Bertz CT molecular complexity index is 998. The van der Waals surface area contributed by atoms with Crippen LogP contribution in [0.4, 0.5) is 0 Å². The molecule has 0 amide bonds. The normalized spacial score (nSPS) is 12.5. The lowest BCUT2D eigenvalue weighted by molar-refractivity contribution is 0.104. The molecule has 0 fully saturated rings. The molecule has 0 bridgehead atoms. The molecule has 4 rings (SSSR count). The first kappa shape index (κ1) is 17.9. The van der Waals surface area contributed by atoms with Crippen LogP contribution in [-0.2, 0) is 13.0 Å². The zero-order valence-electron chi connectivity index (χ0n) is 15.5. The number of furan rings is 1. The summed E-state index contributed by atoms with van der Waals surface area (Å²) in [6.07, 6.45) is 4.12. The number of hydrogen-bond donors (Lipinski definition) is 0. The molecule has 0 aliphatic carbocycles. The number of allylic oxidation sites excluding steroid dienone is 1. The highest BCUT2D eigenvalue weighted by molar-refractivity contribution is 6.07. The summed E-state index contributed by atoms with van der Waals surface area (Å²) in [4.78, 5) is 12.3. The van der Waals surface area contributed by atoms with Crippen LogP contribution in [0.5, 0.6) is 17.2 Å². The maximum absolute atomic E-state index is 12.3. The minimum Gasteiger partial charge on any atom is -0.486 e. The molecule has 142 valence electrons. The van der Waals surface area contributed by atoms with Gasteiger partial charge in [-0.3, -0.25) is 4.79 Å². The predicted molar refractivity (Wildman–Crippen MR) is 105 cm³/mol. The van der Waals surface area contributed by atoms with Crippen molar-refractivity contribution in [3.8, 4) is 17.2 Å². The zero-order chi connectivity index (χ0) is 19.3. The van der Waals surface area contributed by atoms with Crippen molar-refractivity contribution in [2.24, 2.45) is 0 Å². The van der Waals surface area contributed by atoms with Crippen molar-refractivity contribution in [1.82, 2.24) is 0 Å². The fourth-order valence-corrected chi connectivity index (χ4v) is 2.84. The van der Waals surface area contributed by atoms with Gasteiger partial charge in [0.05, 0.1) is 0 Å². The lowest BCUT2D eigenvalue weighted by Crippen LogP contribution is -1.94. The van der Waals surface area contributed by atoms with E-state index in [2.05, 4.69) is 6.92 Å². The second kappa shape index (κ2) is 8.05. The molecule has 0 saturated heterocycles. The molecule has 2 heterocycles. The van der Waals surface area contributed by atoms with Crippen molar-refractivity contribution < 1.29 is 23.4 Å². The van der Waals surface area contributed by atoms with Gasteiger partial charge in [-0.25, -0.2) is 0 Å². The Kier molecular flexibility index (Phi) is 5.15. The summed E-state index contributed by atoms with van der Waals surface area (Å²) in [5, 5.41) is 0. The second-order valence-electron chi connectivity index (χ2n) is 6.36. The third kappa shape index (κ3) is 4.09. The SMILES string of the molecule is CCc1ccc(OCc2ccc(/C=C/C(=O)c3ccc4c(c3)OCO4)o2)cc1. The highest BCUT2D eigenvalue weighted by Gasteiger charge is 2.15. The van der Waals surface area contributed by atoms with E-state index in [-0.39, 0.29) is 12.6 Å². The summed E-state index contributed by atoms with van der Waals surface area (Å²) in [6, 6.07) is 16.8. The number of aryl methyl sites for hydroxylation is 1. The third-order valence-corrected chi connectivity index (χ3v) is 4.45. The Morgan fingerprint density at radius 3 is 2.68 bits per heavy atom.